The van der Waals surface area contributed by atoms with Crippen molar-refractivity contribution < 1.29 is 9.53 Å². The minimum absolute atomic E-state index is 0.0457. The van der Waals surface area contributed by atoms with Crippen LogP contribution in [0.15, 0.2) is 0 Å². The molecule has 0 N–H and O–H groups in total. The number of esters is 1. The second-order valence-electron chi connectivity index (χ2n) is 3.60. The van der Waals surface area contributed by atoms with Crippen LogP contribution in [0.25, 0.3) is 0 Å². The van der Waals surface area contributed by atoms with Crippen molar-refractivity contribution in [1.82, 2.24) is 0 Å². The molecule has 62 valence electrons. The summed E-state index contributed by atoms with van der Waals surface area (Å²) in [5, 5.41) is 0. The molecule has 2 nitrogen and oxygen atoms in total. The highest BCUT2D eigenvalue weighted by molar-refractivity contribution is 5.75. The van der Waals surface area contributed by atoms with Gasteiger partial charge in [-0.05, 0) is 38.0 Å². The standard InChI is InChI=1S/C9H14O2/c1-2-11-9(10)8-5-7(8)6-3-4-6/h6-8H,2-5H2,1H3/t7-,8+/m0/s1. The van der Waals surface area contributed by atoms with Crippen molar-refractivity contribution in [2.75, 3.05) is 6.61 Å². The summed E-state index contributed by atoms with van der Waals surface area (Å²) in [5.74, 6) is 1.91. The Hall–Kier alpha value is -0.530. The quantitative estimate of drug-likeness (QED) is 0.577. The van der Waals surface area contributed by atoms with Crippen molar-refractivity contribution in [3.8, 4) is 0 Å². The molecular weight excluding hydrogens is 140 g/mol. The molecule has 11 heavy (non-hydrogen) atoms. The van der Waals surface area contributed by atoms with Crippen LogP contribution in [0.3, 0.4) is 0 Å². The van der Waals surface area contributed by atoms with Crippen LogP contribution in [0, 0.1) is 17.8 Å². The van der Waals surface area contributed by atoms with Crippen LogP contribution in [0.5, 0.6) is 0 Å². The predicted molar refractivity (Wildman–Crippen MR) is 41.0 cm³/mol. The Balaban J connectivity index is 1.76. The molecule has 0 saturated heterocycles. The first kappa shape index (κ1) is 7.14. The van der Waals surface area contributed by atoms with Crippen molar-refractivity contribution in [1.29, 1.82) is 0 Å². The molecule has 0 unspecified atom stereocenters. The summed E-state index contributed by atoms with van der Waals surface area (Å²) >= 11 is 0. The van der Waals surface area contributed by atoms with E-state index in [-0.39, 0.29) is 11.9 Å². The van der Waals surface area contributed by atoms with Crippen LogP contribution in [0.1, 0.15) is 26.2 Å². The fourth-order valence-electron chi connectivity index (χ4n) is 1.78. The molecule has 2 aliphatic carbocycles. The number of carbonyl (C=O) groups excluding carboxylic acids is 1. The Morgan fingerprint density at radius 2 is 2.27 bits per heavy atom. The molecule has 2 atom stereocenters. The molecule has 0 aliphatic heterocycles. The third-order valence-electron chi connectivity index (χ3n) is 2.66. The summed E-state index contributed by atoms with van der Waals surface area (Å²) < 4.78 is 4.94. The third-order valence-corrected chi connectivity index (χ3v) is 2.66. The largest absolute Gasteiger partial charge is 0.466 e. The fraction of sp³-hybridized carbons (Fsp3) is 0.889. The lowest BCUT2D eigenvalue weighted by Crippen LogP contribution is -2.07. The van der Waals surface area contributed by atoms with E-state index in [9.17, 15) is 4.79 Å². The van der Waals surface area contributed by atoms with E-state index in [1.54, 1.807) is 0 Å². The first-order valence-corrected chi connectivity index (χ1v) is 4.49. The zero-order valence-corrected chi connectivity index (χ0v) is 6.88. The van der Waals surface area contributed by atoms with Gasteiger partial charge in [0.1, 0.15) is 0 Å². The molecule has 0 radical (unpaired) electrons. The van der Waals surface area contributed by atoms with Crippen LogP contribution in [0.2, 0.25) is 0 Å². The summed E-state index contributed by atoms with van der Waals surface area (Å²) in [4.78, 5) is 11.1. The van der Waals surface area contributed by atoms with Crippen molar-refractivity contribution in [2.45, 2.75) is 26.2 Å². The highest BCUT2D eigenvalue weighted by Gasteiger charge is 2.51. The molecule has 0 heterocycles. The zero-order chi connectivity index (χ0) is 7.84. The van der Waals surface area contributed by atoms with E-state index in [4.69, 9.17) is 4.74 Å². The summed E-state index contributed by atoms with van der Waals surface area (Å²) in [5.41, 5.74) is 0. The molecule has 2 rings (SSSR count). The lowest BCUT2D eigenvalue weighted by atomic mass is 10.2. The first-order valence-electron chi connectivity index (χ1n) is 4.49. The van der Waals surface area contributed by atoms with Crippen LogP contribution < -0.4 is 0 Å². The van der Waals surface area contributed by atoms with Gasteiger partial charge in [0.05, 0.1) is 12.5 Å². The number of hydrogen-bond donors (Lipinski definition) is 0. The molecule has 0 bridgehead atoms. The van der Waals surface area contributed by atoms with Crippen molar-refractivity contribution >= 4 is 5.97 Å². The minimum atomic E-state index is 0.0457. The van der Waals surface area contributed by atoms with Gasteiger partial charge in [0, 0.05) is 0 Å². The molecule has 0 spiro atoms. The van der Waals surface area contributed by atoms with Crippen LogP contribution in [-0.4, -0.2) is 12.6 Å². The molecule has 0 amide bonds. The Labute approximate surface area is 66.9 Å². The summed E-state index contributed by atoms with van der Waals surface area (Å²) in [6.45, 7) is 2.40. The Morgan fingerprint density at radius 3 is 2.82 bits per heavy atom. The van der Waals surface area contributed by atoms with E-state index in [1.165, 1.54) is 12.8 Å². The van der Waals surface area contributed by atoms with Gasteiger partial charge in [0.25, 0.3) is 0 Å². The zero-order valence-electron chi connectivity index (χ0n) is 6.88. The van der Waals surface area contributed by atoms with Gasteiger partial charge in [0.2, 0.25) is 0 Å². The lowest BCUT2D eigenvalue weighted by Gasteiger charge is -1.98. The van der Waals surface area contributed by atoms with Crippen molar-refractivity contribution in [2.24, 2.45) is 17.8 Å². The SMILES string of the molecule is CCOC(=O)[C@@H]1C[C@H]1C1CC1. The molecular formula is C9H14O2. The summed E-state index contributed by atoms with van der Waals surface area (Å²) in [7, 11) is 0. The lowest BCUT2D eigenvalue weighted by molar-refractivity contribution is -0.145. The molecule has 2 fully saturated rings. The third kappa shape index (κ3) is 1.39. The van der Waals surface area contributed by atoms with E-state index in [0.717, 1.165) is 12.3 Å². The van der Waals surface area contributed by atoms with Gasteiger partial charge in [-0.1, -0.05) is 0 Å². The van der Waals surface area contributed by atoms with Gasteiger partial charge < -0.3 is 4.74 Å². The first-order chi connectivity index (χ1) is 5.33. The molecule has 0 aromatic carbocycles. The summed E-state index contributed by atoms with van der Waals surface area (Å²) in [6, 6.07) is 0. The van der Waals surface area contributed by atoms with E-state index in [1.807, 2.05) is 6.92 Å². The smallest absolute Gasteiger partial charge is 0.309 e. The average Bonchev–Trinajstić information content (AvgIpc) is 2.83. The molecule has 0 aromatic rings. The monoisotopic (exact) mass is 154 g/mol. The number of carbonyl (C=O) groups is 1. The van der Waals surface area contributed by atoms with Gasteiger partial charge in [-0.3, -0.25) is 4.79 Å². The van der Waals surface area contributed by atoms with E-state index >= 15 is 0 Å². The number of ether oxygens (including phenoxy) is 1. The van der Waals surface area contributed by atoms with Gasteiger partial charge in [-0.25, -0.2) is 0 Å². The Bertz CT molecular complexity index is 172. The van der Waals surface area contributed by atoms with Crippen LogP contribution >= 0.6 is 0 Å². The van der Waals surface area contributed by atoms with Crippen LogP contribution in [-0.2, 0) is 9.53 Å². The minimum Gasteiger partial charge on any atom is -0.466 e. The summed E-state index contributed by atoms with van der Waals surface area (Å²) in [6.07, 6.45) is 3.80. The normalized spacial score (nSPS) is 35.0. The highest BCUT2D eigenvalue weighted by atomic mass is 16.5. The molecule has 2 saturated carbocycles. The van der Waals surface area contributed by atoms with E-state index in [0.29, 0.717) is 12.5 Å². The maximum absolute atomic E-state index is 11.1. The topological polar surface area (TPSA) is 26.3 Å². The number of hydrogen-bond acceptors (Lipinski definition) is 2. The van der Waals surface area contributed by atoms with Crippen molar-refractivity contribution in [3.63, 3.8) is 0 Å². The Morgan fingerprint density at radius 1 is 1.55 bits per heavy atom. The highest BCUT2D eigenvalue weighted by Crippen LogP contribution is 2.54. The van der Waals surface area contributed by atoms with Gasteiger partial charge >= 0.3 is 5.97 Å². The van der Waals surface area contributed by atoms with E-state index < -0.39 is 0 Å². The van der Waals surface area contributed by atoms with Gasteiger partial charge in [0.15, 0.2) is 0 Å². The molecule has 2 aliphatic rings. The van der Waals surface area contributed by atoms with Crippen molar-refractivity contribution in [3.05, 3.63) is 0 Å². The maximum Gasteiger partial charge on any atom is 0.309 e. The second kappa shape index (κ2) is 2.50. The predicted octanol–water partition coefficient (Wildman–Crippen LogP) is 1.60. The number of rotatable bonds is 3. The Kier molecular flexibility index (Phi) is 1.63. The fourth-order valence-corrected chi connectivity index (χ4v) is 1.78. The van der Waals surface area contributed by atoms with E-state index in [2.05, 4.69) is 0 Å². The maximum atomic E-state index is 11.1. The second-order valence-corrected chi connectivity index (χ2v) is 3.60. The van der Waals surface area contributed by atoms with Crippen LogP contribution in [0.4, 0.5) is 0 Å². The van der Waals surface area contributed by atoms with Gasteiger partial charge in [-0.15, -0.1) is 0 Å². The molecule has 2 heteroatoms. The molecule has 0 aromatic heterocycles. The average molecular weight is 154 g/mol. The van der Waals surface area contributed by atoms with Gasteiger partial charge in [-0.2, -0.15) is 0 Å².